The van der Waals surface area contributed by atoms with E-state index in [-0.39, 0.29) is 11.8 Å². The smallest absolute Gasteiger partial charge is 0.242 e. The first-order valence-corrected chi connectivity index (χ1v) is 8.24. The molecule has 1 atom stereocenters. The quantitative estimate of drug-likeness (QED) is 0.468. The minimum Gasteiger partial charge on any atom is -0.301 e. The van der Waals surface area contributed by atoms with Crippen molar-refractivity contribution in [3.8, 4) is 0 Å². The van der Waals surface area contributed by atoms with Gasteiger partial charge in [-0.3, -0.25) is 10.2 Å². The molecule has 6 heteroatoms. The third-order valence-corrected chi connectivity index (χ3v) is 4.78. The zero-order valence-electron chi connectivity index (χ0n) is 11.8. The summed E-state index contributed by atoms with van der Waals surface area (Å²) in [5.74, 6) is 4.88. The summed E-state index contributed by atoms with van der Waals surface area (Å²) in [6.07, 6.45) is 0. The van der Waals surface area contributed by atoms with Gasteiger partial charge in [-0.15, -0.1) is 11.3 Å². The lowest BCUT2D eigenvalue weighted by molar-refractivity contribution is -0.123. The van der Waals surface area contributed by atoms with Crippen molar-refractivity contribution in [2.45, 2.75) is 12.5 Å². The second-order valence-electron chi connectivity index (χ2n) is 4.93. The number of likely N-dealkylation sites (N-methyl/N-ethyl adjacent to an activating group) is 1. The number of hydrogen-bond acceptors (Lipinski definition) is 4. The first-order valence-electron chi connectivity index (χ1n) is 6.57. The zero-order chi connectivity index (χ0) is 15.2. The van der Waals surface area contributed by atoms with Crippen molar-refractivity contribution in [1.82, 2.24) is 10.3 Å². The van der Waals surface area contributed by atoms with Gasteiger partial charge in [0, 0.05) is 13.1 Å². The summed E-state index contributed by atoms with van der Waals surface area (Å²) in [4.78, 5) is 14.2. The highest BCUT2D eigenvalue weighted by molar-refractivity contribution is 9.11. The SMILES string of the molecule is CN(Cc1csc(Br)c1)CC(C(=O)NN)c1ccccc1. The molecular formula is C15H18BrN3OS. The molecule has 2 aromatic rings. The van der Waals surface area contributed by atoms with Crippen molar-refractivity contribution < 1.29 is 4.79 Å². The van der Waals surface area contributed by atoms with Crippen LogP contribution in [0.2, 0.25) is 0 Å². The molecule has 0 saturated heterocycles. The molecule has 0 aliphatic carbocycles. The predicted molar refractivity (Wildman–Crippen MR) is 89.9 cm³/mol. The molecule has 1 amide bonds. The molecule has 1 aromatic heterocycles. The Morgan fingerprint density at radius 3 is 2.71 bits per heavy atom. The van der Waals surface area contributed by atoms with Gasteiger partial charge in [0.05, 0.1) is 9.70 Å². The van der Waals surface area contributed by atoms with Crippen LogP contribution in [0.15, 0.2) is 45.6 Å². The highest BCUT2D eigenvalue weighted by Gasteiger charge is 2.21. The Bertz CT molecular complexity index is 588. The van der Waals surface area contributed by atoms with Crippen LogP contribution < -0.4 is 11.3 Å². The summed E-state index contributed by atoms with van der Waals surface area (Å²) in [5, 5.41) is 2.11. The molecule has 4 nitrogen and oxygen atoms in total. The van der Waals surface area contributed by atoms with Gasteiger partial charge >= 0.3 is 0 Å². The van der Waals surface area contributed by atoms with Gasteiger partial charge in [-0.2, -0.15) is 0 Å². The average molecular weight is 368 g/mol. The number of amides is 1. The second-order valence-corrected chi connectivity index (χ2v) is 7.22. The van der Waals surface area contributed by atoms with Gasteiger partial charge in [0.2, 0.25) is 5.91 Å². The fourth-order valence-corrected chi connectivity index (χ4v) is 3.44. The third-order valence-electron chi connectivity index (χ3n) is 3.23. The summed E-state index contributed by atoms with van der Waals surface area (Å²) < 4.78 is 1.12. The summed E-state index contributed by atoms with van der Waals surface area (Å²) in [7, 11) is 2.01. The number of thiophene rings is 1. The maximum absolute atomic E-state index is 12.0. The molecule has 0 aliphatic heterocycles. The third kappa shape index (κ3) is 4.64. The lowest BCUT2D eigenvalue weighted by Gasteiger charge is -2.23. The largest absolute Gasteiger partial charge is 0.301 e. The molecule has 0 bridgehead atoms. The number of nitrogens with zero attached hydrogens (tertiary/aromatic N) is 1. The van der Waals surface area contributed by atoms with Crippen molar-refractivity contribution in [3.63, 3.8) is 0 Å². The molecule has 1 unspecified atom stereocenters. The van der Waals surface area contributed by atoms with Gasteiger partial charge in [-0.05, 0) is 45.6 Å². The average Bonchev–Trinajstić information content (AvgIpc) is 2.90. The molecule has 21 heavy (non-hydrogen) atoms. The first-order chi connectivity index (χ1) is 10.1. The van der Waals surface area contributed by atoms with E-state index in [9.17, 15) is 4.79 Å². The number of hydrogen-bond donors (Lipinski definition) is 2. The van der Waals surface area contributed by atoms with E-state index in [4.69, 9.17) is 5.84 Å². The monoisotopic (exact) mass is 367 g/mol. The highest BCUT2D eigenvalue weighted by atomic mass is 79.9. The normalized spacial score (nSPS) is 12.4. The Kier molecular flexibility index (Phi) is 5.93. The van der Waals surface area contributed by atoms with Gasteiger partial charge in [0.15, 0.2) is 0 Å². The Hall–Kier alpha value is -1.21. The first kappa shape index (κ1) is 16.2. The molecule has 0 radical (unpaired) electrons. The number of rotatable bonds is 6. The van der Waals surface area contributed by atoms with Crippen LogP contribution >= 0.6 is 27.3 Å². The van der Waals surface area contributed by atoms with Crippen molar-refractivity contribution in [1.29, 1.82) is 0 Å². The van der Waals surface area contributed by atoms with E-state index in [1.165, 1.54) is 5.56 Å². The van der Waals surface area contributed by atoms with Crippen molar-refractivity contribution in [2.24, 2.45) is 5.84 Å². The molecule has 0 spiro atoms. The molecule has 3 N–H and O–H groups in total. The van der Waals surface area contributed by atoms with Crippen molar-refractivity contribution >= 4 is 33.2 Å². The number of benzene rings is 1. The number of carbonyl (C=O) groups is 1. The van der Waals surface area contributed by atoms with E-state index >= 15 is 0 Å². The number of hydrazine groups is 1. The van der Waals surface area contributed by atoms with Crippen LogP contribution in [-0.4, -0.2) is 24.4 Å². The Morgan fingerprint density at radius 1 is 1.43 bits per heavy atom. The Morgan fingerprint density at radius 2 is 2.14 bits per heavy atom. The number of carbonyl (C=O) groups excluding carboxylic acids is 1. The van der Waals surface area contributed by atoms with E-state index < -0.39 is 0 Å². The fraction of sp³-hybridized carbons (Fsp3) is 0.267. The molecule has 0 aliphatic rings. The van der Waals surface area contributed by atoms with E-state index in [0.717, 1.165) is 15.9 Å². The van der Waals surface area contributed by atoms with E-state index in [1.54, 1.807) is 11.3 Å². The summed E-state index contributed by atoms with van der Waals surface area (Å²) in [6.45, 7) is 1.41. The van der Waals surface area contributed by atoms with Gasteiger partial charge < -0.3 is 4.90 Å². The molecule has 2 rings (SSSR count). The van der Waals surface area contributed by atoms with Gasteiger partial charge in [-0.1, -0.05) is 30.3 Å². The van der Waals surface area contributed by atoms with Gasteiger partial charge in [-0.25, -0.2) is 5.84 Å². The minimum absolute atomic E-state index is 0.167. The number of halogens is 1. The van der Waals surface area contributed by atoms with E-state index in [2.05, 4.69) is 37.7 Å². The Balaban J connectivity index is 2.06. The predicted octanol–water partition coefficient (Wildman–Crippen LogP) is 2.72. The highest BCUT2D eigenvalue weighted by Crippen LogP contribution is 2.23. The molecular weight excluding hydrogens is 350 g/mol. The summed E-state index contributed by atoms with van der Waals surface area (Å²) in [5.41, 5.74) is 4.47. The topological polar surface area (TPSA) is 58.4 Å². The minimum atomic E-state index is -0.275. The van der Waals surface area contributed by atoms with Gasteiger partial charge in [0.25, 0.3) is 0 Å². The zero-order valence-corrected chi connectivity index (χ0v) is 14.2. The standard InChI is InChI=1S/C15H18BrN3OS/c1-19(8-11-7-14(16)21-10-11)9-13(15(20)18-17)12-5-3-2-4-6-12/h2-7,10,13H,8-9,17H2,1H3,(H,18,20). The maximum atomic E-state index is 12.0. The summed E-state index contributed by atoms with van der Waals surface area (Å²) in [6, 6.07) is 11.8. The van der Waals surface area contributed by atoms with Crippen molar-refractivity contribution in [2.75, 3.05) is 13.6 Å². The number of nitrogens with one attached hydrogen (secondary N) is 1. The Labute approximate surface area is 137 Å². The number of nitrogens with two attached hydrogens (primary N) is 1. The molecule has 112 valence electrons. The van der Waals surface area contributed by atoms with Crippen LogP contribution in [0.25, 0.3) is 0 Å². The van der Waals surface area contributed by atoms with Crippen LogP contribution in [0.4, 0.5) is 0 Å². The van der Waals surface area contributed by atoms with Crippen LogP contribution in [0.3, 0.4) is 0 Å². The second kappa shape index (κ2) is 7.70. The molecule has 0 fully saturated rings. The van der Waals surface area contributed by atoms with Crippen LogP contribution in [0.1, 0.15) is 17.0 Å². The van der Waals surface area contributed by atoms with Gasteiger partial charge in [0.1, 0.15) is 0 Å². The van der Waals surface area contributed by atoms with Crippen molar-refractivity contribution in [3.05, 3.63) is 56.7 Å². The lowest BCUT2D eigenvalue weighted by Crippen LogP contribution is -2.39. The molecule has 1 aromatic carbocycles. The fourth-order valence-electron chi connectivity index (χ4n) is 2.24. The maximum Gasteiger partial charge on any atom is 0.242 e. The van der Waals surface area contributed by atoms with E-state index in [0.29, 0.717) is 6.54 Å². The van der Waals surface area contributed by atoms with Crippen LogP contribution in [0.5, 0.6) is 0 Å². The summed E-state index contributed by atoms with van der Waals surface area (Å²) >= 11 is 5.13. The van der Waals surface area contributed by atoms with Crippen LogP contribution in [-0.2, 0) is 11.3 Å². The molecule has 1 heterocycles. The molecule has 0 saturated carbocycles. The lowest BCUT2D eigenvalue weighted by atomic mass is 9.98. The van der Waals surface area contributed by atoms with Crippen LogP contribution in [0, 0.1) is 0 Å². The van der Waals surface area contributed by atoms with E-state index in [1.807, 2.05) is 37.4 Å².